The largest absolute Gasteiger partial charge is 0.354 e. The van der Waals surface area contributed by atoms with Gasteiger partial charge in [-0.3, -0.25) is 4.99 Å². The standard InChI is InChI=1S/C13H16N2.C9H9Cl2N3/c1-9-5-4-6-12(10(9)2)11(3)13-7-14-8-15-13;10-6-2-1-3-7(11)8(6)14-9-12-4-5-13-9/h4-8,11H,1-3H3,(H,14,15);1-3H,4-5H2,(H2,12,13,14). The van der Waals surface area contributed by atoms with Gasteiger partial charge in [-0.1, -0.05) is 54.4 Å². The molecule has 0 saturated heterocycles. The van der Waals surface area contributed by atoms with E-state index in [-0.39, 0.29) is 0 Å². The van der Waals surface area contributed by atoms with E-state index in [1.807, 2.05) is 6.20 Å². The average Bonchev–Trinajstić information content (AvgIpc) is 3.41. The highest BCUT2D eigenvalue weighted by atomic mass is 35.5. The highest BCUT2D eigenvalue weighted by Gasteiger charge is 2.12. The van der Waals surface area contributed by atoms with Crippen molar-refractivity contribution in [1.29, 1.82) is 0 Å². The van der Waals surface area contributed by atoms with Gasteiger partial charge in [-0.05, 0) is 42.7 Å². The first-order chi connectivity index (χ1) is 14.0. The minimum Gasteiger partial charge on any atom is -0.354 e. The average molecular weight is 430 g/mol. The van der Waals surface area contributed by atoms with Gasteiger partial charge in [0.05, 0.1) is 28.6 Å². The van der Waals surface area contributed by atoms with Crippen LogP contribution in [0, 0.1) is 13.8 Å². The molecule has 0 amide bonds. The molecule has 1 aliphatic heterocycles. The number of H-pyrrole nitrogens is 1. The number of hydrogen-bond acceptors (Lipinski definition) is 4. The van der Waals surface area contributed by atoms with E-state index < -0.39 is 0 Å². The van der Waals surface area contributed by atoms with Gasteiger partial charge < -0.3 is 15.6 Å². The molecule has 0 radical (unpaired) electrons. The molecule has 2 aromatic carbocycles. The maximum atomic E-state index is 5.98. The van der Waals surface area contributed by atoms with Crippen LogP contribution < -0.4 is 10.6 Å². The third-order valence-corrected chi connectivity index (χ3v) is 5.61. The van der Waals surface area contributed by atoms with Crippen LogP contribution in [0.3, 0.4) is 0 Å². The number of rotatable bonds is 3. The number of benzene rings is 2. The number of halogens is 2. The summed E-state index contributed by atoms with van der Waals surface area (Å²) in [6.07, 6.45) is 3.63. The molecule has 0 bridgehead atoms. The third kappa shape index (κ3) is 5.31. The molecule has 5 nitrogen and oxygen atoms in total. The van der Waals surface area contributed by atoms with Crippen LogP contribution >= 0.6 is 23.2 Å². The lowest BCUT2D eigenvalue weighted by Crippen LogP contribution is -2.26. The van der Waals surface area contributed by atoms with Crippen LogP contribution in [-0.2, 0) is 0 Å². The monoisotopic (exact) mass is 429 g/mol. The van der Waals surface area contributed by atoms with Crippen LogP contribution in [0.2, 0.25) is 10.0 Å². The first-order valence-electron chi connectivity index (χ1n) is 9.51. The van der Waals surface area contributed by atoms with Gasteiger partial charge in [0.2, 0.25) is 0 Å². The number of hydrogen-bond donors (Lipinski definition) is 3. The Labute approximate surface area is 181 Å². The minimum atomic E-state index is 0.382. The van der Waals surface area contributed by atoms with Crippen molar-refractivity contribution < 1.29 is 0 Å². The number of anilines is 1. The van der Waals surface area contributed by atoms with Gasteiger partial charge in [0, 0.05) is 24.4 Å². The van der Waals surface area contributed by atoms with Gasteiger partial charge in [0.25, 0.3) is 0 Å². The Bertz CT molecular complexity index is 963. The van der Waals surface area contributed by atoms with Crippen LogP contribution in [-0.4, -0.2) is 29.0 Å². The van der Waals surface area contributed by atoms with E-state index in [2.05, 4.69) is 64.6 Å². The maximum absolute atomic E-state index is 5.98. The van der Waals surface area contributed by atoms with E-state index >= 15 is 0 Å². The zero-order valence-corrected chi connectivity index (χ0v) is 18.3. The zero-order chi connectivity index (χ0) is 20.8. The number of guanidine groups is 1. The van der Waals surface area contributed by atoms with E-state index in [1.165, 1.54) is 22.4 Å². The molecule has 4 rings (SSSR count). The molecule has 1 atom stereocenters. The van der Waals surface area contributed by atoms with E-state index in [4.69, 9.17) is 23.2 Å². The second-order valence-corrected chi connectivity index (χ2v) is 7.71. The number of aromatic nitrogens is 2. The lowest BCUT2D eigenvalue weighted by Gasteiger charge is -2.14. The molecule has 0 saturated carbocycles. The Morgan fingerprint density at radius 1 is 1.07 bits per heavy atom. The van der Waals surface area contributed by atoms with Crippen molar-refractivity contribution in [1.82, 2.24) is 15.3 Å². The predicted octanol–water partition coefficient (Wildman–Crippen LogP) is 5.54. The SMILES string of the molecule is Cc1cccc(C(C)c2cnc[nH]2)c1C.Clc1cccc(Cl)c1NC1=NCCN1. The van der Waals surface area contributed by atoms with E-state index in [0.717, 1.165) is 19.0 Å². The number of imidazole rings is 1. The van der Waals surface area contributed by atoms with Crippen LogP contribution in [0.1, 0.15) is 35.2 Å². The molecule has 1 unspecified atom stereocenters. The molecule has 1 aromatic heterocycles. The van der Waals surface area contributed by atoms with Crippen molar-refractivity contribution in [3.8, 4) is 0 Å². The van der Waals surface area contributed by atoms with Crippen LogP contribution in [0.25, 0.3) is 0 Å². The summed E-state index contributed by atoms with van der Waals surface area (Å²) < 4.78 is 0. The quantitative estimate of drug-likeness (QED) is 0.511. The van der Waals surface area contributed by atoms with Gasteiger partial charge in [0.15, 0.2) is 5.96 Å². The van der Waals surface area contributed by atoms with Crippen LogP contribution in [0.5, 0.6) is 0 Å². The number of aromatic amines is 1. The molecule has 1 aliphatic rings. The van der Waals surface area contributed by atoms with E-state index in [0.29, 0.717) is 21.7 Å². The molecule has 2 heterocycles. The summed E-state index contributed by atoms with van der Waals surface area (Å²) in [6, 6.07) is 11.8. The lowest BCUT2D eigenvalue weighted by molar-refractivity contribution is 0.871. The van der Waals surface area contributed by atoms with Gasteiger partial charge in [-0.15, -0.1) is 0 Å². The Balaban J connectivity index is 0.000000166. The fourth-order valence-electron chi connectivity index (χ4n) is 3.13. The minimum absolute atomic E-state index is 0.382. The predicted molar refractivity (Wildman–Crippen MR) is 122 cm³/mol. The van der Waals surface area contributed by atoms with Crippen molar-refractivity contribution in [2.24, 2.45) is 4.99 Å². The number of nitrogens with one attached hydrogen (secondary N) is 3. The molecule has 152 valence electrons. The smallest absolute Gasteiger partial charge is 0.196 e. The molecule has 0 aliphatic carbocycles. The lowest BCUT2D eigenvalue weighted by atomic mass is 9.92. The molecule has 29 heavy (non-hydrogen) atoms. The van der Waals surface area contributed by atoms with Crippen molar-refractivity contribution in [3.63, 3.8) is 0 Å². The van der Waals surface area contributed by atoms with Crippen molar-refractivity contribution in [2.45, 2.75) is 26.7 Å². The number of nitrogens with zero attached hydrogens (tertiary/aromatic N) is 2. The summed E-state index contributed by atoms with van der Waals surface area (Å²) >= 11 is 12.0. The fraction of sp³-hybridized carbons (Fsp3) is 0.273. The normalized spacial score (nSPS) is 13.8. The van der Waals surface area contributed by atoms with Crippen molar-refractivity contribution in [2.75, 3.05) is 18.4 Å². The summed E-state index contributed by atoms with van der Waals surface area (Å²) in [5, 5.41) is 7.32. The van der Waals surface area contributed by atoms with E-state index in [9.17, 15) is 0 Å². The van der Waals surface area contributed by atoms with Gasteiger partial charge >= 0.3 is 0 Å². The molecular weight excluding hydrogens is 405 g/mol. The second kappa shape index (κ2) is 9.81. The second-order valence-electron chi connectivity index (χ2n) is 6.90. The molecular formula is C22H25Cl2N5. The molecule has 3 N–H and O–H groups in total. The molecule has 7 heteroatoms. The van der Waals surface area contributed by atoms with Gasteiger partial charge in [-0.2, -0.15) is 0 Å². The Morgan fingerprint density at radius 2 is 1.79 bits per heavy atom. The Hall–Kier alpha value is -2.50. The summed E-state index contributed by atoms with van der Waals surface area (Å²) in [5.41, 5.74) is 5.96. The highest BCUT2D eigenvalue weighted by molar-refractivity contribution is 6.39. The summed E-state index contributed by atoms with van der Waals surface area (Å²) in [7, 11) is 0. The topological polar surface area (TPSA) is 65.1 Å². The maximum Gasteiger partial charge on any atom is 0.196 e. The Morgan fingerprint density at radius 3 is 2.41 bits per heavy atom. The highest BCUT2D eigenvalue weighted by Crippen LogP contribution is 2.29. The Kier molecular flexibility index (Phi) is 7.18. The van der Waals surface area contributed by atoms with E-state index in [1.54, 1.807) is 24.5 Å². The number of para-hydroxylation sites is 1. The first kappa shape index (κ1) is 21.2. The van der Waals surface area contributed by atoms with Gasteiger partial charge in [0.1, 0.15) is 0 Å². The van der Waals surface area contributed by atoms with Gasteiger partial charge in [-0.25, -0.2) is 4.98 Å². The zero-order valence-electron chi connectivity index (χ0n) is 16.8. The van der Waals surface area contributed by atoms with Crippen LogP contribution in [0.4, 0.5) is 5.69 Å². The fourth-order valence-corrected chi connectivity index (χ4v) is 3.62. The summed E-state index contributed by atoms with van der Waals surface area (Å²) in [6.45, 7) is 8.17. The van der Waals surface area contributed by atoms with Crippen molar-refractivity contribution >= 4 is 34.8 Å². The number of aryl methyl sites for hydroxylation is 1. The van der Waals surface area contributed by atoms with Crippen molar-refractivity contribution in [3.05, 3.63) is 81.4 Å². The molecule has 0 spiro atoms. The van der Waals surface area contributed by atoms with Crippen LogP contribution in [0.15, 0.2) is 53.9 Å². The molecule has 3 aromatic rings. The number of aliphatic imine (C=N–C) groups is 1. The summed E-state index contributed by atoms with van der Waals surface area (Å²) in [5.74, 6) is 1.10. The first-order valence-corrected chi connectivity index (χ1v) is 10.3. The third-order valence-electron chi connectivity index (χ3n) is 4.98. The summed E-state index contributed by atoms with van der Waals surface area (Å²) in [4.78, 5) is 11.4. The molecule has 0 fully saturated rings.